The third-order valence-corrected chi connectivity index (χ3v) is 6.64. The van der Waals surface area contributed by atoms with Crippen LogP contribution in [-0.2, 0) is 24.2 Å². The molecule has 0 saturated carbocycles. The maximum atomic E-state index is 12.4. The Hall–Kier alpha value is -1.85. The van der Waals surface area contributed by atoms with Gasteiger partial charge in [0.2, 0.25) is 5.91 Å². The second-order valence-corrected chi connectivity index (χ2v) is 8.45. The Kier molecular flexibility index (Phi) is 6.33. The molecule has 0 radical (unpaired) electrons. The third-order valence-electron chi connectivity index (χ3n) is 4.47. The van der Waals surface area contributed by atoms with Gasteiger partial charge in [-0.1, -0.05) is 25.1 Å². The van der Waals surface area contributed by atoms with E-state index in [1.54, 1.807) is 11.3 Å². The molecule has 1 N–H and O–H groups in total. The molecule has 26 heavy (non-hydrogen) atoms. The summed E-state index contributed by atoms with van der Waals surface area (Å²) in [6.45, 7) is 4.87. The van der Waals surface area contributed by atoms with Crippen molar-refractivity contribution in [1.82, 2.24) is 14.8 Å². The number of rotatable bonds is 6. The van der Waals surface area contributed by atoms with E-state index >= 15 is 0 Å². The van der Waals surface area contributed by atoms with Gasteiger partial charge in [0, 0.05) is 11.4 Å². The zero-order valence-corrected chi connectivity index (χ0v) is 16.8. The number of fused-ring (bicyclic) bond motifs is 1. The topological polar surface area (TPSA) is 83.6 Å². The number of aryl methyl sites for hydroxylation is 2. The minimum Gasteiger partial charge on any atom is -0.316 e. The number of nitriles is 1. The number of amides is 1. The van der Waals surface area contributed by atoms with Crippen molar-refractivity contribution in [3.8, 4) is 6.07 Å². The molecule has 0 aromatic carbocycles. The normalized spacial score (nSPS) is 13.7. The number of nitrogens with one attached hydrogen (secondary N) is 1. The predicted octanol–water partition coefficient (Wildman–Crippen LogP) is 3.93. The number of anilines is 1. The summed E-state index contributed by atoms with van der Waals surface area (Å²) in [5.41, 5.74) is 1.81. The van der Waals surface area contributed by atoms with E-state index in [4.69, 9.17) is 0 Å². The number of hydrogen-bond donors (Lipinski definition) is 1. The summed E-state index contributed by atoms with van der Waals surface area (Å²) in [5, 5.41) is 22.2. The minimum atomic E-state index is -0.105. The van der Waals surface area contributed by atoms with Crippen molar-refractivity contribution >= 4 is 34.0 Å². The van der Waals surface area contributed by atoms with Gasteiger partial charge >= 0.3 is 0 Å². The van der Waals surface area contributed by atoms with Crippen LogP contribution in [0.15, 0.2) is 5.16 Å². The molecule has 138 valence electrons. The third kappa shape index (κ3) is 4.10. The highest BCUT2D eigenvalue weighted by Gasteiger charge is 2.21. The molecular formula is C18H23N5OS2. The zero-order valence-electron chi connectivity index (χ0n) is 15.2. The summed E-state index contributed by atoms with van der Waals surface area (Å²) in [6.07, 6.45) is 6.44. The molecule has 8 heteroatoms. The van der Waals surface area contributed by atoms with E-state index in [9.17, 15) is 10.1 Å². The van der Waals surface area contributed by atoms with E-state index < -0.39 is 0 Å². The van der Waals surface area contributed by atoms with Crippen LogP contribution in [0.25, 0.3) is 0 Å². The lowest BCUT2D eigenvalue weighted by molar-refractivity contribution is -0.113. The number of carbonyl (C=O) groups excluding carboxylic acids is 1. The van der Waals surface area contributed by atoms with Crippen molar-refractivity contribution in [3.05, 3.63) is 21.8 Å². The first-order valence-electron chi connectivity index (χ1n) is 9.01. The lowest BCUT2D eigenvalue weighted by Gasteiger charge is -2.07. The molecule has 0 saturated heterocycles. The number of hydrogen-bond acceptors (Lipinski definition) is 6. The van der Waals surface area contributed by atoms with Crippen LogP contribution in [0, 0.1) is 18.3 Å². The van der Waals surface area contributed by atoms with Crippen molar-refractivity contribution in [1.29, 1.82) is 5.26 Å². The van der Waals surface area contributed by atoms with E-state index in [0.29, 0.717) is 10.6 Å². The second kappa shape index (κ2) is 8.69. The van der Waals surface area contributed by atoms with Crippen LogP contribution < -0.4 is 5.32 Å². The Balaban J connectivity index is 1.67. The van der Waals surface area contributed by atoms with Gasteiger partial charge in [0.1, 0.15) is 16.9 Å². The highest BCUT2D eigenvalue weighted by molar-refractivity contribution is 7.99. The number of carbonyl (C=O) groups is 1. The number of thiophene rings is 1. The average Bonchev–Trinajstić information content (AvgIpc) is 3.04. The van der Waals surface area contributed by atoms with Crippen LogP contribution in [0.4, 0.5) is 5.00 Å². The summed E-state index contributed by atoms with van der Waals surface area (Å²) < 4.78 is 2.03. The van der Waals surface area contributed by atoms with Crippen LogP contribution in [0.1, 0.15) is 54.4 Å². The van der Waals surface area contributed by atoms with Crippen molar-refractivity contribution in [3.63, 3.8) is 0 Å². The fraction of sp³-hybridized carbons (Fsp3) is 0.556. The van der Waals surface area contributed by atoms with Gasteiger partial charge in [0.15, 0.2) is 5.16 Å². The summed E-state index contributed by atoms with van der Waals surface area (Å²) in [6, 6.07) is 2.30. The van der Waals surface area contributed by atoms with Gasteiger partial charge in [-0.15, -0.1) is 21.5 Å². The molecular weight excluding hydrogens is 366 g/mol. The van der Waals surface area contributed by atoms with Crippen molar-refractivity contribution in [2.45, 2.75) is 64.1 Å². The summed E-state index contributed by atoms with van der Waals surface area (Å²) in [7, 11) is 0. The second-order valence-electron chi connectivity index (χ2n) is 6.40. The Labute approximate surface area is 162 Å². The first-order chi connectivity index (χ1) is 12.6. The first-order valence-corrected chi connectivity index (χ1v) is 10.8. The Morgan fingerprint density at radius 2 is 2.15 bits per heavy atom. The molecule has 3 rings (SSSR count). The van der Waals surface area contributed by atoms with Crippen LogP contribution >= 0.6 is 23.1 Å². The van der Waals surface area contributed by atoms with E-state index in [-0.39, 0.29) is 11.7 Å². The van der Waals surface area contributed by atoms with Gasteiger partial charge in [-0.25, -0.2) is 0 Å². The molecule has 2 heterocycles. The maximum Gasteiger partial charge on any atom is 0.235 e. The molecule has 1 aliphatic rings. The van der Waals surface area contributed by atoms with Crippen molar-refractivity contribution in [2.24, 2.45) is 0 Å². The van der Waals surface area contributed by atoms with Crippen molar-refractivity contribution in [2.75, 3.05) is 11.1 Å². The van der Waals surface area contributed by atoms with E-state index in [1.807, 2.05) is 11.5 Å². The molecule has 2 aromatic heterocycles. The fourth-order valence-corrected chi connectivity index (χ4v) is 5.26. The van der Waals surface area contributed by atoms with Crippen molar-refractivity contribution < 1.29 is 4.79 Å². The molecule has 0 bridgehead atoms. The minimum absolute atomic E-state index is 0.105. The molecule has 0 unspecified atom stereocenters. The van der Waals surface area contributed by atoms with Gasteiger partial charge in [-0.05, 0) is 44.6 Å². The van der Waals surface area contributed by atoms with Gasteiger partial charge < -0.3 is 9.88 Å². The van der Waals surface area contributed by atoms with Gasteiger partial charge in [-0.3, -0.25) is 4.79 Å². The van der Waals surface area contributed by atoms with E-state index in [1.165, 1.54) is 23.1 Å². The molecule has 0 aliphatic heterocycles. The molecule has 0 atom stereocenters. The number of aromatic nitrogens is 3. The summed E-state index contributed by atoms with van der Waals surface area (Å²) in [5.74, 6) is 1.02. The molecule has 1 amide bonds. The van der Waals surface area contributed by atoms with E-state index in [2.05, 4.69) is 28.5 Å². The lowest BCUT2D eigenvalue weighted by Crippen LogP contribution is -2.14. The standard InChI is InChI=1S/C18H23N5OS2/c1-3-9-23-12(2)21-22-18(23)25-11-16(24)20-17-14(10-19)13-7-5-4-6-8-15(13)26-17/h3-9,11H2,1-2H3,(H,20,24). The Morgan fingerprint density at radius 3 is 2.92 bits per heavy atom. The highest BCUT2D eigenvalue weighted by Crippen LogP contribution is 2.37. The monoisotopic (exact) mass is 389 g/mol. The van der Waals surface area contributed by atoms with Crippen LogP contribution in [-0.4, -0.2) is 26.4 Å². The van der Waals surface area contributed by atoms with Crippen LogP contribution in [0.5, 0.6) is 0 Å². The number of nitrogens with zero attached hydrogens (tertiary/aromatic N) is 4. The summed E-state index contributed by atoms with van der Waals surface area (Å²) in [4.78, 5) is 13.7. The average molecular weight is 390 g/mol. The maximum absolute atomic E-state index is 12.4. The van der Waals surface area contributed by atoms with Gasteiger partial charge in [-0.2, -0.15) is 5.26 Å². The first kappa shape index (κ1) is 18.9. The predicted molar refractivity (Wildman–Crippen MR) is 105 cm³/mol. The van der Waals surface area contributed by atoms with Gasteiger partial charge in [0.25, 0.3) is 0 Å². The van der Waals surface area contributed by atoms with Crippen LogP contribution in [0.3, 0.4) is 0 Å². The summed E-state index contributed by atoms with van der Waals surface area (Å²) >= 11 is 2.95. The van der Waals surface area contributed by atoms with Gasteiger partial charge in [0.05, 0.1) is 11.3 Å². The molecule has 2 aromatic rings. The highest BCUT2D eigenvalue weighted by atomic mass is 32.2. The quantitative estimate of drug-likeness (QED) is 0.598. The Morgan fingerprint density at radius 1 is 1.35 bits per heavy atom. The van der Waals surface area contributed by atoms with E-state index in [0.717, 1.165) is 55.2 Å². The fourth-order valence-electron chi connectivity index (χ4n) is 3.19. The molecule has 6 nitrogen and oxygen atoms in total. The largest absolute Gasteiger partial charge is 0.316 e. The zero-order chi connectivity index (χ0) is 18.5. The lowest BCUT2D eigenvalue weighted by atomic mass is 10.1. The molecule has 1 aliphatic carbocycles. The smallest absolute Gasteiger partial charge is 0.235 e. The van der Waals surface area contributed by atoms with Crippen LogP contribution in [0.2, 0.25) is 0 Å². The molecule has 0 spiro atoms. The molecule has 0 fully saturated rings. The number of thioether (sulfide) groups is 1. The Bertz CT molecular complexity index is 833. The SMILES string of the molecule is CCCn1c(C)nnc1SCC(=O)Nc1sc2c(c1C#N)CCCCC2.